The maximum Gasteiger partial charge on any atom is 0.237 e. The van der Waals surface area contributed by atoms with Gasteiger partial charge < -0.3 is 0 Å². The van der Waals surface area contributed by atoms with Crippen molar-refractivity contribution >= 4 is 29.0 Å². The number of anilines is 2. The van der Waals surface area contributed by atoms with Crippen molar-refractivity contribution in [3.05, 3.63) is 113 Å². The molecule has 0 spiro atoms. The van der Waals surface area contributed by atoms with Crippen molar-refractivity contribution in [1.29, 1.82) is 0 Å². The average molecular weight is 449 g/mol. The zero-order valence-corrected chi connectivity index (χ0v) is 18.0. The number of pyridine rings is 1. The Labute approximate surface area is 189 Å². The lowest BCUT2D eigenvalue weighted by atomic mass is 10.0. The zero-order valence-electron chi connectivity index (χ0n) is 17.2. The molecule has 3 nitrogen and oxygen atoms in total. The summed E-state index contributed by atoms with van der Waals surface area (Å²) in [7, 11) is 0. The fourth-order valence-electron chi connectivity index (χ4n) is 3.60. The Morgan fingerprint density at radius 3 is 2.28 bits per heavy atom. The van der Waals surface area contributed by atoms with E-state index in [0.717, 1.165) is 28.4 Å². The molecule has 0 radical (unpaired) electrons. The van der Waals surface area contributed by atoms with Crippen LogP contribution in [0, 0.1) is 18.6 Å². The Bertz CT molecular complexity index is 1230. The van der Waals surface area contributed by atoms with E-state index in [1.54, 1.807) is 18.0 Å². The van der Waals surface area contributed by atoms with Gasteiger partial charge in [0.15, 0.2) is 0 Å². The summed E-state index contributed by atoms with van der Waals surface area (Å²) in [5.74, 6) is -0.339. The Morgan fingerprint density at radius 1 is 0.875 bits per heavy atom. The molecule has 0 bridgehead atoms. The van der Waals surface area contributed by atoms with Crippen LogP contribution in [0.1, 0.15) is 11.1 Å². The van der Waals surface area contributed by atoms with Gasteiger partial charge in [-0.1, -0.05) is 35.9 Å². The largest absolute Gasteiger partial charge is 0.274 e. The molecule has 0 unspecified atom stereocenters. The Kier molecular flexibility index (Phi) is 6.28. The Hall–Kier alpha value is -3.57. The van der Waals surface area contributed by atoms with E-state index in [2.05, 4.69) is 11.1 Å². The fourth-order valence-corrected chi connectivity index (χ4v) is 3.79. The van der Waals surface area contributed by atoms with Crippen LogP contribution in [0.25, 0.3) is 11.1 Å². The summed E-state index contributed by atoms with van der Waals surface area (Å²) in [6.45, 7) is 1.64. The number of nitrogens with zero attached hydrogens (tertiary/aromatic N) is 2. The monoisotopic (exact) mass is 448 g/mol. The molecule has 1 aromatic heterocycles. The van der Waals surface area contributed by atoms with Crippen LogP contribution in [0.2, 0.25) is 5.02 Å². The lowest BCUT2D eigenvalue weighted by Gasteiger charge is -2.16. The number of amides is 1. The van der Waals surface area contributed by atoms with Crippen molar-refractivity contribution in [2.75, 3.05) is 4.90 Å². The van der Waals surface area contributed by atoms with Gasteiger partial charge in [-0.3, -0.25) is 9.69 Å². The highest BCUT2D eigenvalue weighted by Gasteiger charge is 2.29. The van der Waals surface area contributed by atoms with Gasteiger partial charge in [-0.2, -0.15) is 0 Å². The second kappa shape index (κ2) is 9.28. The average Bonchev–Trinajstić information content (AvgIpc) is 3.08. The molecular weight excluding hydrogens is 430 g/mol. The summed E-state index contributed by atoms with van der Waals surface area (Å²) in [4.78, 5) is 18.4. The molecule has 3 aromatic carbocycles. The van der Waals surface area contributed by atoms with Crippen molar-refractivity contribution in [2.24, 2.45) is 0 Å². The molecule has 0 N–H and O–H groups in total. The number of aromatic nitrogens is 1. The van der Waals surface area contributed by atoms with Crippen LogP contribution in [0.5, 0.6) is 0 Å². The minimum Gasteiger partial charge on any atom is -0.274 e. The summed E-state index contributed by atoms with van der Waals surface area (Å²) < 4.78 is 24.4. The van der Waals surface area contributed by atoms with Crippen LogP contribution in [0.15, 0.2) is 85.1 Å². The Balaban J connectivity index is 0.000000230. The number of aryl methyl sites for hydroxylation is 1. The predicted molar refractivity (Wildman–Crippen MR) is 123 cm³/mol. The molecule has 0 fully saturated rings. The first-order chi connectivity index (χ1) is 15.4. The van der Waals surface area contributed by atoms with Crippen LogP contribution in [0.3, 0.4) is 0 Å². The summed E-state index contributed by atoms with van der Waals surface area (Å²) in [5, 5.41) is 0.703. The van der Waals surface area contributed by atoms with Gasteiger partial charge in [0.05, 0.1) is 12.1 Å². The van der Waals surface area contributed by atoms with Gasteiger partial charge in [-0.05, 0) is 77.7 Å². The number of carbonyl (C=O) groups is 1. The van der Waals surface area contributed by atoms with Crippen LogP contribution in [-0.4, -0.2) is 10.9 Å². The van der Waals surface area contributed by atoms with E-state index in [1.807, 2.05) is 54.6 Å². The van der Waals surface area contributed by atoms with Crippen molar-refractivity contribution in [3.8, 4) is 11.1 Å². The summed E-state index contributed by atoms with van der Waals surface area (Å²) in [6.07, 6.45) is 2.08. The normalized spacial score (nSPS) is 12.2. The van der Waals surface area contributed by atoms with Gasteiger partial charge in [-0.25, -0.2) is 13.8 Å². The smallest absolute Gasteiger partial charge is 0.237 e. The minimum absolute atomic E-state index is 0.0435. The summed E-state index contributed by atoms with van der Waals surface area (Å²) in [5.41, 5.74) is 4.62. The van der Waals surface area contributed by atoms with E-state index in [4.69, 9.17) is 11.6 Å². The highest BCUT2D eigenvalue weighted by Crippen LogP contribution is 2.37. The second-order valence-corrected chi connectivity index (χ2v) is 7.83. The van der Waals surface area contributed by atoms with E-state index in [-0.39, 0.29) is 5.91 Å². The molecule has 1 aliphatic heterocycles. The maximum absolute atomic E-state index is 12.4. The topological polar surface area (TPSA) is 33.2 Å². The third kappa shape index (κ3) is 4.84. The number of benzene rings is 3. The number of hydrogen-bond acceptors (Lipinski definition) is 2. The SMILES string of the molecule is Cc1cc(F)cc(F)c1.O=C1Cc2cc(-c3cccc(Cl)c3)ccc2N1c1ccccn1. The molecule has 5 rings (SSSR count). The molecule has 1 amide bonds. The third-order valence-corrected chi connectivity index (χ3v) is 5.19. The second-order valence-electron chi connectivity index (χ2n) is 7.39. The van der Waals surface area contributed by atoms with Crippen molar-refractivity contribution < 1.29 is 13.6 Å². The van der Waals surface area contributed by atoms with E-state index in [0.29, 0.717) is 22.8 Å². The maximum atomic E-state index is 12.4. The molecule has 2 heterocycles. The molecule has 0 atom stereocenters. The molecule has 160 valence electrons. The van der Waals surface area contributed by atoms with E-state index in [1.165, 1.54) is 12.1 Å². The van der Waals surface area contributed by atoms with E-state index >= 15 is 0 Å². The number of hydrogen-bond donors (Lipinski definition) is 0. The molecule has 0 saturated heterocycles. The van der Waals surface area contributed by atoms with Crippen LogP contribution in [-0.2, 0) is 11.2 Å². The lowest BCUT2D eigenvalue weighted by Crippen LogP contribution is -2.21. The van der Waals surface area contributed by atoms with Crippen molar-refractivity contribution in [2.45, 2.75) is 13.3 Å². The lowest BCUT2D eigenvalue weighted by molar-refractivity contribution is -0.116. The Morgan fingerprint density at radius 2 is 1.62 bits per heavy atom. The molecule has 0 saturated carbocycles. The first-order valence-corrected chi connectivity index (χ1v) is 10.3. The number of halogens is 3. The standard InChI is InChI=1S/C19H13ClN2O.C7H6F2/c20-16-5-3-4-13(11-16)14-7-8-17-15(10-14)12-19(23)22(17)18-6-1-2-9-21-18;1-5-2-6(8)4-7(9)3-5/h1-11H,12H2;2-4H,1H3. The molecular formula is C26H19ClF2N2O. The molecule has 4 aromatic rings. The molecule has 1 aliphatic rings. The van der Waals surface area contributed by atoms with Gasteiger partial charge >= 0.3 is 0 Å². The van der Waals surface area contributed by atoms with E-state index < -0.39 is 11.6 Å². The van der Waals surface area contributed by atoms with Gasteiger partial charge in [-0.15, -0.1) is 0 Å². The molecule has 6 heteroatoms. The van der Waals surface area contributed by atoms with E-state index in [9.17, 15) is 13.6 Å². The van der Waals surface area contributed by atoms with Crippen LogP contribution < -0.4 is 4.90 Å². The van der Waals surface area contributed by atoms with Crippen molar-refractivity contribution in [3.63, 3.8) is 0 Å². The van der Waals surface area contributed by atoms with Crippen molar-refractivity contribution in [1.82, 2.24) is 4.98 Å². The minimum atomic E-state index is -0.521. The molecule has 32 heavy (non-hydrogen) atoms. The highest BCUT2D eigenvalue weighted by molar-refractivity contribution is 6.30. The van der Waals surface area contributed by atoms with Gasteiger partial charge in [0, 0.05) is 17.3 Å². The van der Waals surface area contributed by atoms with Crippen LogP contribution in [0.4, 0.5) is 20.3 Å². The number of carbonyl (C=O) groups excluding carboxylic acids is 1. The van der Waals surface area contributed by atoms with Crippen LogP contribution >= 0.6 is 11.6 Å². The highest BCUT2D eigenvalue weighted by atomic mass is 35.5. The first-order valence-electron chi connectivity index (χ1n) is 9.96. The summed E-state index contributed by atoms with van der Waals surface area (Å²) in [6, 6.07) is 22.8. The fraction of sp³-hybridized carbons (Fsp3) is 0.0769. The summed E-state index contributed by atoms with van der Waals surface area (Å²) >= 11 is 6.07. The van der Waals surface area contributed by atoms with Gasteiger partial charge in [0.1, 0.15) is 17.5 Å². The quantitative estimate of drug-likeness (QED) is 0.334. The number of rotatable bonds is 2. The predicted octanol–water partition coefficient (Wildman–Crippen LogP) is 6.90. The molecule has 0 aliphatic carbocycles. The first kappa shape index (κ1) is 21.7. The number of fused-ring (bicyclic) bond motifs is 1. The van der Waals surface area contributed by atoms with Gasteiger partial charge in [0.2, 0.25) is 5.91 Å². The van der Waals surface area contributed by atoms with Gasteiger partial charge in [0.25, 0.3) is 0 Å². The third-order valence-electron chi connectivity index (χ3n) is 4.95. The zero-order chi connectivity index (χ0) is 22.7.